The predicted molar refractivity (Wildman–Crippen MR) is 97.8 cm³/mol. The summed E-state index contributed by atoms with van der Waals surface area (Å²) < 4.78 is 10.6. The van der Waals surface area contributed by atoms with Gasteiger partial charge < -0.3 is 25.8 Å². The van der Waals surface area contributed by atoms with Crippen LogP contribution in [0.5, 0.6) is 11.5 Å². The molecule has 0 atom stereocenters. The Hall–Kier alpha value is -3.29. The summed E-state index contributed by atoms with van der Waals surface area (Å²) in [6, 6.07) is 7.63. The van der Waals surface area contributed by atoms with Crippen molar-refractivity contribution >= 4 is 28.5 Å². The third-order valence-corrected chi connectivity index (χ3v) is 3.85. The molecule has 2 aromatic heterocycles. The lowest BCUT2D eigenvalue weighted by Gasteiger charge is -2.21. The highest BCUT2D eigenvalue weighted by Crippen LogP contribution is 2.29. The zero-order valence-electron chi connectivity index (χ0n) is 14.4. The number of rotatable bonds is 5. The summed E-state index contributed by atoms with van der Waals surface area (Å²) in [5, 5.41) is 0.684. The zero-order chi connectivity index (χ0) is 18.0. The number of hydrogen-bond donors (Lipinski definition) is 2. The summed E-state index contributed by atoms with van der Waals surface area (Å²) in [5.41, 5.74) is 13.9. The highest BCUT2D eigenvalue weighted by atomic mass is 16.5. The van der Waals surface area contributed by atoms with Gasteiger partial charge in [-0.25, -0.2) is 4.98 Å². The minimum absolute atomic E-state index is 0.117. The second kappa shape index (κ2) is 6.68. The summed E-state index contributed by atoms with van der Waals surface area (Å²) in [6.07, 6.45) is 1.75. The fraction of sp³-hybridized carbons (Fsp3) is 0.235. The van der Waals surface area contributed by atoms with Crippen LogP contribution in [0.15, 0.2) is 30.5 Å². The molecule has 0 saturated carbocycles. The number of methoxy groups -OCH3 is 2. The van der Waals surface area contributed by atoms with Crippen LogP contribution in [0.25, 0.3) is 11.0 Å². The molecule has 1 aromatic carbocycles. The second-order valence-electron chi connectivity index (χ2n) is 5.61. The Bertz CT molecular complexity index is 893. The molecule has 0 bridgehead atoms. The van der Waals surface area contributed by atoms with Crippen LogP contribution in [0.1, 0.15) is 5.56 Å². The lowest BCUT2D eigenvalue weighted by Crippen LogP contribution is -2.17. The van der Waals surface area contributed by atoms with Gasteiger partial charge in [-0.05, 0) is 11.6 Å². The summed E-state index contributed by atoms with van der Waals surface area (Å²) in [7, 11) is 5.22. The molecule has 8 heteroatoms. The quantitative estimate of drug-likeness (QED) is 0.723. The van der Waals surface area contributed by atoms with E-state index < -0.39 is 0 Å². The van der Waals surface area contributed by atoms with Crippen molar-refractivity contribution in [2.24, 2.45) is 0 Å². The van der Waals surface area contributed by atoms with Gasteiger partial charge in [-0.3, -0.25) is 0 Å². The molecule has 3 rings (SSSR count). The standard InChI is InChI=1S/C17H20N6O2/c1-23(11-5-12(24-2)7-13(6-11)25-3)9-10-4-14-15(18)21-17(19)22-16(14)20-8-10/h4-8H,9H2,1-3H3,(H4,18,19,20,21,22). The minimum Gasteiger partial charge on any atom is -0.497 e. The fourth-order valence-corrected chi connectivity index (χ4v) is 2.56. The third kappa shape index (κ3) is 3.47. The van der Waals surface area contributed by atoms with Crippen molar-refractivity contribution in [3.8, 4) is 11.5 Å². The molecule has 2 heterocycles. The Morgan fingerprint density at radius 3 is 2.32 bits per heavy atom. The van der Waals surface area contributed by atoms with Crippen LogP contribution in [0, 0.1) is 0 Å². The van der Waals surface area contributed by atoms with Gasteiger partial charge >= 0.3 is 0 Å². The van der Waals surface area contributed by atoms with Gasteiger partial charge in [0, 0.05) is 43.7 Å². The first-order valence-corrected chi connectivity index (χ1v) is 7.62. The minimum atomic E-state index is 0.117. The number of fused-ring (bicyclic) bond motifs is 1. The van der Waals surface area contributed by atoms with Crippen molar-refractivity contribution < 1.29 is 9.47 Å². The van der Waals surface area contributed by atoms with E-state index in [0.29, 0.717) is 23.4 Å². The molecule has 0 spiro atoms. The topological polar surface area (TPSA) is 112 Å². The van der Waals surface area contributed by atoms with E-state index in [1.165, 1.54) is 0 Å². The number of ether oxygens (including phenoxy) is 2. The Morgan fingerprint density at radius 2 is 1.68 bits per heavy atom. The van der Waals surface area contributed by atoms with Gasteiger partial charge in [0.1, 0.15) is 17.3 Å². The van der Waals surface area contributed by atoms with Crippen LogP contribution in [0.4, 0.5) is 17.5 Å². The molecular weight excluding hydrogens is 320 g/mol. The van der Waals surface area contributed by atoms with Gasteiger partial charge in [-0.2, -0.15) is 9.97 Å². The van der Waals surface area contributed by atoms with Gasteiger partial charge in [-0.1, -0.05) is 0 Å². The van der Waals surface area contributed by atoms with E-state index in [4.69, 9.17) is 20.9 Å². The van der Waals surface area contributed by atoms with Crippen LogP contribution in [-0.2, 0) is 6.54 Å². The zero-order valence-corrected chi connectivity index (χ0v) is 14.4. The average Bonchev–Trinajstić information content (AvgIpc) is 2.61. The molecule has 0 amide bonds. The van der Waals surface area contributed by atoms with E-state index in [0.717, 1.165) is 22.7 Å². The molecular formula is C17H20N6O2. The maximum absolute atomic E-state index is 5.93. The molecule has 0 aliphatic rings. The molecule has 0 unspecified atom stereocenters. The van der Waals surface area contributed by atoms with E-state index >= 15 is 0 Å². The van der Waals surface area contributed by atoms with Crippen LogP contribution < -0.4 is 25.8 Å². The lowest BCUT2D eigenvalue weighted by atomic mass is 10.2. The molecule has 0 aliphatic heterocycles. The third-order valence-electron chi connectivity index (χ3n) is 3.85. The molecule has 0 radical (unpaired) electrons. The molecule has 8 nitrogen and oxygen atoms in total. The number of aromatic nitrogens is 3. The van der Waals surface area contributed by atoms with Crippen LogP contribution in [0.3, 0.4) is 0 Å². The largest absolute Gasteiger partial charge is 0.497 e. The van der Waals surface area contributed by atoms with E-state index in [-0.39, 0.29) is 5.95 Å². The molecule has 3 aromatic rings. The smallest absolute Gasteiger partial charge is 0.224 e. The van der Waals surface area contributed by atoms with E-state index in [2.05, 4.69) is 19.9 Å². The number of pyridine rings is 1. The SMILES string of the molecule is COc1cc(OC)cc(N(C)Cc2cnc3nc(N)nc(N)c3c2)c1. The fourth-order valence-electron chi connectivity index (χ4n) is 2.56. The number of anilines is 3. The number of nitrogens with two attached hydrogens (primary N) is 2. The highest BCUT2D eigenvalue weighted by Gasteiger charge is 2.10. The van der Waals surface area contributed by atoms with Crippen LogP contribution in [0.2, 0.25) is 0 Å². The summed E-state index contributed by atoms with van der Waals surface area (Å²) in [4.78, 5) is 14.5. The molecule has 4 N–H and O–H groups in total. The summed E-state index contributed by atoms with van der Waals surface area (Å²) in [6.45, 7) is 0.614. The van der Waals surface area contributed by atoms with Crippen molar-refractivity contribution in [2.75, 3.05) is 37.6 Å². The monoisotopic (exact) mass is 340 g/mol. The van der Waals surface area contributed by atoms with Gasteiger partial charge in [0.2, 0.25) is 5.95 Å². The van der Waals surface area contributed by atoms with Gasteiger partial charge in [0.25, 0.3) is 0 Å². The van der Waals surface area contributed by atoms with Crippen molar-refractivity contribution in [3.05, 3.63) is 36.0 Å². The van der Waals surface area contributed by atoms with Crippen molar-refractivity contribution in [1.29, 1.82) is 0 Å². The maximum atomic E-state index is 5.93. The predicted octanol–water partition coefficient (Wildman–Crippen LogP) is 1.84. The maximum Gasteiger partial charge on any atom is 0.224 e. The number of hydrogen-bond acceptors (Lipinski definition) is 8. The number of nitrogen functional groups attached to an aromatic ring is 2. The first-order chi connectivity index (χ1) is 12.0. The van der Waals surface area contributed by atoms with Crippen molar-refractivity contribution in [2.45, 2.75) is 6.54 Å². The van der Waals surface area contributed by atoms with E-state index in [1.807, 2.05) is 31.3 Å². The Labute approximate surface area is 145 Å². The first kappa shape index (κ1) is 16.6. The Balaban J connectivity index is 1.90. The summed E-state index contributed by atoms with van der Waals surface area (Å²) >= 11 is 0. The van der Waals surface area contributed by atoms with Crippen LogP contribution in [-0.4, -0.2) is 36.2 Å². The van der Waals surface area contributed by atoms with Crippen LogP contribution >= 0.6 is 0 Å². The normalized spacial score (nSPS) is 10.7. The molecule has 0 fully saturated rings. The molecule has 0 saturated heterocycles. The van der Waals surface area contributed by atoms with E-state index in [9.17, 15) is 0 Å². The first-order valence-electron chi connectivity index (χ1n) is 7.62. The van der Waals surface area contributed by atoms with Gasteiger partial charge in [0.05, 0.1) is 19.6 Å². The van der Waals surface area contributed by atoms with Crippen molar-refractivity contribution in [3.63, 3.8) is 0 Å². The average molecular weight is 340 g/mol. The van der Waals surface area contributed by atoms with E-state index in [1.54, 1.807) is 20.4 Å². The summed E-state index contributed by atoms with van der Waals surface area (Å²) in [5.74, 6) is 1.89. The Morgan fingerprint density at radius 1 is 1.00 bits per heavy atom. The highest BCUT2D eigenvalue weighted by molar-refractivity contribution is 5.86. The molecule has 25 heavy (non-hydrogen) atoms. The molecule has 0 aliphatic carbocycles. The number of benzene rings is 1. The molecule has 130 valence electrons. The van der Waals surface area contributed by atoms with Gasteiger partial charge in [-0.15, -0.1) is 0 Å². The number of nitrogens with zero attached hydrogens (tertiary/aromatic N) is 4. The van der Waals surface area contributed by atoms with Crippen molar-refractivity contribution in [1.82, 2.24) is 15.0 Å². The van der Waals surface area contributed by atoms with Gasteiger partial charge in [0.15, 0.2) is 5.65 Å². The second-order valence-corrected chi connectivity index (χ2v) is 5.61. The Kier molecular flexibility index (Phi) is 4.42. The lowest BCUT2D eigenvalue weighted by molar-refractivity contribution is 0.394.